The van der Waals surface area contributed by atoms with Crippen molar-refractivity contribution < 1.29 is 36.2 Å². The normalized spacial score (nSPS) is 14.1. The third-order valence-electron chi connectivity index (χ3n) is 4.93. The van der Waals surface area contributed by atoms with Crippen molar-refractivity contribution in [3.63, 3.8) is 0 Å². The molecule has 0 bridgehead atoms. The molecule has 0 radical (unpaired) electrons. The molecule has 0 aliphatic rings. The van der Waals surface area contributed by atoms with Crippen LogP contribution in [0.2, 0.25) is 0 Å². The molecule has 0 aliphatic carbocycles. The monoisotopic (exact) mass is 444 g/mol. The van der Waals surface area contributed by atoms with Crippen LogP contribution in [0.25, 0.3) is 0 Å². The lowest BCUT2D eigenvalue weighted by Gasteiger charge is -2.28. The highest BCUT2D eigenvalue weighted by Crippen LogP contribution is 2.38. The molecule has 8 nitrogen and oxygen atoms in total. The van der Waals surface area contributed by atoms with E-state index < -0.39 is 26.4 Å². The van der Waals surface area contributed by atoms with E-state index in [0.717, 1.165) is 0 Å². The maximum absolute atomic E-state index is 12.0. The van der Waals surface area contributed by atoms with Gasteiger partial charge >= 0.3 is 0 Å². The third kappa shape index (κ3) is 16.4. The number of ketones is 2. The van der Waals surface area contributed by atoms with Crippen molar-refractivity contribution in [2.75, 3.05) is 11.5 Å². The maximum atomic E-state index is 12.0. The van der Waals surface area contributed by atoms with E-state index in [0.29, 0.717) is 19.3 Å². The Kier molecular flexibility index (Phi) is 10.8. The number of rotatable bonds is 15. The second-order valence-corrected chi connectivity index (χ2v) is 12.3. The average molecular weight is 445 g/mol. The van der Waals surface area contributed by atoms with Gasteiger partial charge in [0.1, 0.15) is 11.6 Å². The first-order valence-electron chi connectivity index (χ1n) is 9.38. The minimum Gasteiger partial charge on any atom is -0.308 e. The van der Waals surface area contributed by atoms with Gasteiger partial charge < -0.3 is 13.7 Å². The summed E-state index contributed by atoms with van der Waals surface area (Å²) in [5.41, 5.74) is -0.730. The number of hydrogen-bond donors (Lipinski definition) is 4. The van der Waals surface area contributed by atoms with Gasteiger partial charge in [-0.05, 0) is 36.5 Å². The molecule has 0 atom stereocenters. The molecular formula is C18H36O8S2. The van der Waals surface area contributed by atoms with Gasteiger partial charge in [-0.3, -0.25) is 14.1 Å². The lowest BCUT2D eigenvalue weighted by molar-refractivity contribution is -0.124. The van der Waals surface area contributed by atoms with E-state index in [1.165, 1.54) is 0 Å². The molecule has 0 unspecified atom stereocenters. The van der Waals surface area contributed by atoms with Crippen LogP contribution in [0.4, 0.5) is 0 Å². The summed E-state index contributed by atoms with van der Waals surface area (Å²) >= 11 is 0. The van der Waals surface area contributed by atoms with E-state index in [1.807, 2.05) is 27.7 Å². The Hall–Kier alpha value is -0.520. The van der Waals surface area contributed by atoms with Gasteiger partial charge in [0, 0.05) is 31.4 Å². The van der Waals surface area contributed by atoms with E-state index in [2.05, 4.69) is 0 Å². The van der Waals surface area contributed by atoms with Crippen LogP contribution in [-0.2, 0) is 19.7 Å². The molecule has 0 saturated heterocycles. The first-order valence-corrected chi connectivity index (χ1v) is 12.7. The molecule has 0 amide bonds. The Labute approximate surface area is 170 Å². The average Bonchev–Trinajstić information content (AvgIpc) is 2.52. The van der Waals surface area contributed by atoms with Gasteiger partial charge in [0.15, 0.2) is 0 Å². The number of hydrogen-bond acceptors (Lipinski definition) is 7. The van der Waals surface area contributed by atoms with Crippen molar-refractivity contribution in [2.24, 2.45) is 10.8 Å². The molecule has 0 aromatic carbocycles. The Morgan fingerprint density at radius 2 is 1.00 bits per heavy atom. The Bertz CT molecular complexity index is 618. The van der Waals surface area contributed by atoms with Crippen molar-refractivity contribution >= 4 is 32.6 Å². The zero-order valence-corrected chi connectivity index (χ0v) is 18.9. The van der Waals surface area contributed by atoms with Crippen LogP contribution in [0, 0.1) is 10.8 Å². The standard InChI is InChI=1S/C18H36O8S2/c1-17(2,11-13-27(21,22)23)9-7-15(19)5-6-16(20)8-10-18(3,4)12-14-28(24,25)26/h21-23H,5-14H2,1-4H3,(H,24,25,26). The van der Waals surface area contributed by atoms with E-state index >= 15 is 0 Å². The predicted octanol–water partition coefficient (Wildman–Crippen LogP) is 4.41. The molecular weight excluding hydrogens is 408 g/mol. The van der Waals surface area contributed by atoms with Crippen molar-refractivity contribution in [1.29, 1.82) is 0 Å². The van der Waals surface area contributed by atoms with E-state index in [1.54, 1.807) is 0 Å². The third-order valence-corrected chi connectivity index (χ3v) is 6.41. The molecule has 0 heterocycles. The SMILES string of the molecule is CC(C)(CCC(=O)CCC(=O)CCC(C)(C)CCS(=O)(=O)O)CCS(O)(O)O. The quantitative estimate of drug-likeness (QED) is 0.271. The Morgan fingerprint density at radius 1 is 0.643 bits per heavy atom. The first-order chi connectivity index (χ1) is 12.4. The fraction of sp³-hybridized carbons (Fsp3) is 0.889. The fourth-order valence-corrected chi connectivity index (χ4v) is 4.19. The number of carbonyl (C=O) groups excluding carboxylic acids is 2. The van der Waals surface area contributed by atoms with Crippen LogP contribution in [0.15, 0.2) is 0 Å². The minimum atomic E-state index is -4.02. The van der Waals surface area contributed by atoms with Crippen molar-refractivity contribution in [1.82, 2.24) is 0 Å². The largest absolute Gasteiger partial charge is 0.308 e. The van der Waals surface area contributed by atoms with Crippen LogP contribution in [0.3, 0.4) is 0 Å². The topological polar surface area (TPSA) is 149 Å². The van der Waals surface area contributed by atoms with Crippen molar-refractivity contribution in [3.8, 4) is 0 Å². The molecule has 0 saturated carbocycles. The van der Waals surface area contributed by atoms with Crippen LogP contribution >= 0.6 is 10.9 Å². The van der Waals surface area contributed by atoms with Gasteiger partial charge in [0.2, 0.25) is 0 Å². The summed E-state index contributed by atoms with van der Waals surface area (Å²) in [7, 11) is -7.54. The second kappa shape index (κ2) is 11.0. The van der Waals surface area contributed by atoms with Crippen molar-refractivity contribution in [3.05, 3.63) is 0 Å². The van der Waals surface area contributed by atoms with Gasteiger partial charge in [-0.1, -0.05) is 27.7 Å². The second-order valence-electron chi connectivity index (χ2n) is 9.03. The fourth-order valence-electron chi connectivity index (χ4n) is 2.55. The van der Waals surface area contributed by atoms with Gasteiger partial charge in [-0.25, -0.2) is 0 Å². The van der Waals surface area contributed by atoms with E-state index in [4.69, 9.17) is 18.2 Å². The Balaban J connectivity index is 4.16. The smallest absolute Gasteiger partial charge is 0.264 e. The summed E-state index contributed by atoms with van der Waals surface area (Å²) in [5.74, 6) is -0.557. The molecule has 0 aromatic heterocycles. The highest BCUT2D eigenvalue weighted by Gasteiger charge is 2.24. The van der Waals surface area contributed by atoms with Gasteiger partial charge in [0.05, 0.1) is 16.6 Å². The zero-order valence-electron chi connectivity index (χ0n) is 17.3. The van der Waals surface area contributed by atoms with Gasteiger partial charge in [0.25, 0.3) is 10.1 Å². The summed E-state index contributed by atoms with van der Waals surface area (Å²) < 4.78 is 57.6. The number of Topliss-reactive ketones (excluding diaryl/α,β-unsaturated/α-hetero) is 2. The van der Waals surface area contributed by atoms with Crippen LogP contribution < -0.4 is 0 Å². The minimum absolute atomic E-state index is 0.0392. The maximum Gasteiger partial charge on any atom is 0.264 e. The number of carbonyl (C=O) groups is 2. The molecule has 0 aromatic rings. The van der Waals surface area contributed by atoms with Crippen LogP contribution in [0.1, 0.15) is 79.1 Å². The summed E-state index contributed by atoms with van der Waals surface area (Å²) in [6.45, 7) is 7.43. The zero-order chi connectivity index (χ0) is 22.2. The summed E-state index contributed by atoms with van der Waals surface area (Å²) in [6.07, 6.45) is 2.47. The van der Waals surface area contributed by atoms with Crippen molar-refractivity contribution in [2.45, 2.75) is 79.1 Å². The molecule has 0 aliphatic heterocycles. The molecule has 0 fully saturated rings. The highest BCUT2D eigenvalue weighted by atomic mass is 32.3. The van der Waals surface area contributed by atoms with E-state index in [9.17, 15) is 18.0 Å². The summed E-state index contributed by atoms with van der Waals surface area (Å²) in [5, 5.41) is 0. The molecule has 28 heavy (non-hydrogen) atoms. The van der Waals surface area contributed by atoms with Gasteiger partial charge in [-0.2, -0.15) is 8.42 Å². The molecule has 4 N–H and O–H groups in total. The van der Waals surface area contributed by atoms with Crippen LogP contribution in [0.5, 0.6) is 0 Å². The summed E-state index contributed by atoms with van der Waals surface area (Å²) in [6, 6.07) is 0. The molecule has 0 spiro atoms. The molecule has 10 heteroatoms. The first kappa shape index (κ1) is 27.5. The highest BCUT2D eigenvalue weighted by molar-refractivity contribution is 8.19. The predicted molar refractivity (Wildman–Crippen MR) is 111 cm³/mol. The van der Waals surface area contributed by atoms with E-state index in [-0.39, 0.29) is 60.6 Å². The molecule has 168 valence electrons. The molecule has 0 rings (SSSR count). The lowest BCUT2D eigenvalue weighted by Crippen LogP contribution is -2.19. The Morgan fingerprint density at radius 3 is 1.32 bits per heavy atom. The van der Waals surface area contributed by atoms with Crippen LogP contribution in [-0.4, -0.2) is 49.7 Å². The van der Waals surface area contributed by atoms with Gasteiger partial charge in [-0.15, -0.1) is 0 Å². The lowest BCUT2D eigenvalue weighted by atomic mass is 9.83. The summed E-state index contributed by atoms with van der Waals surface area (Å²) in [4.78, 5) is 24.0.